The van der Waals surface area contributed by atoms with Crippen LogP contribution in [0, 0.1) is 0 Å². The van der Waals surface area contributed by atoms with Gasteiger partial charge >= 0.3 is 0 Å². The van der Waals surface area contributed by atoms with Crippen molar-refractivity contribution in [3.8, 4) is 5.75 Å². The summed E-state index contributed by atoms with van der Waals surface area (Å²) in [5.74, 6) is 0.394. The molecule has 0 aliphatic heterocycles. The smallest absolute Gasteiger partial charge is 0.255 e. The summed E-state index contributed by atoms with van der Waals surface area (Å²) in [6.45, 7) is 0.606. The second kappa shape index (κ2) is 6.62. The summed E-state index contributed by atoms with van der Waals surface area (Å²) >= 11 is 5.92. The van der Waals surface area contributed by atoms with E-state index in [0.717, 1.165) is 12.8 Å². The molecule has 0 aromatic heterocycles. The molecule has 1 N–H and O–H groups in total. The van der Waals surface area contributed by atoms with Gasteiger partial charge in [0.15, 0.2) is 0 Å². The van der Waals surface area contributed by atoms with Gasteiger partial charge in [0.25, 0.3) is 5.91 Å². The van der Waals surface area contributed by atoms with E-state index in [1.165, 1.54) is 18.4 Å². The summed E-state index contributed by atoms with van der Waals surface area (Å²) < 4.78 is 5.18. The largest absolute Gasteiger partial charge is 0.496 e. The molecule has 0 unspecified atom stereocenters. The molecule has 19 heavy (non-hydrogen) atoms. The molecule has 3 nitrogen and oxygen atoms in total. The quantitative estimate of drug-likeness (QED) is 0.856. The summed E-state index contributed by atoms with van der Waals surface area (Å²) in [7, 11) is 1.55. The Labute approximate surface area is 118 Å². The van der Waals surface area contributed by atoms with Crippen LogP contribution in [-0.2, 0) is 0 Å². The van der Waals surface area contributed by atoms with Gasteiger partial charge in [-0.05, 0) is 43.9 Å². The van der Waals surface area contributed by atoms with Gasteiger partial charge in [-0.1, -0.05) is 23.3 Å². The number of nitrogens with one attached hydrogen (secondary N) is 1. The van der Waals surface area contributed by atoms with Gasteiger partial charge in [0.1, 0.15) is 5.75 Å². The second-order valence-corrected chi connectivity index (χ2v) is 5.07. The number of rotatable bonds is 4. The van der Waals surface area contributed by atoms with E-state index in [9.17, 15) is 4.79 Å². The van der Waals surface area contributed by atoms with Gasteiger partial charge in [0.05, 0.1) is 12.7 Å². The standard InChI is InChI=1S/C15H18ClNO2/c1-19-14-8-7-12(16)9-13(14)15(18)17-10-11-5-3-2-4-6-11/h5,7-9H,2-4,6,10H2,1H3,(H,17,18). The van der Waals surface area contributed by atoms with Crippen LogP contribution < -0.4 is 10.1 Å². The highest BCUT2D eigenvalue weighted by atomic mass is 35.5. The van der Waals surface area contributed by atoms with Gasteiger partial charge in [-0.15, -0.1) is 0 Å². The van der Waals surface area contributed by atoms with E-state index in [4.69, 9.17) is 16.3 Å². The molecule has 1 aliphatic rings. The number of methoxy groups -OCH3 is 1. The maximum Gasteiger partial charge on any atom is 0.255 e. The third kappa shape index (κ3) is 3.74. The lowest BCUT2D eigenvalue weighted by Gasteiger charge is -2.14. The number of hydrogen-bond acceptors (Lipinski definition) is 2. The fourth-order valence-electron chi connectivity index (χ4n) is 2.21. The first-order valence-corrected chi connectivity index (χ1v) is 6.88. The Kier molecular flexibility index (Phi) is 4.86. The van der Waals surface area contributed by atoms with Crippen molar-refractivity contribution in [1.82, 2.24) is 5.32 Å². The first-order chi connectivity index (χ1) is 9.20. The normalized spacial score (nSPS) is 14.7. The zero-order chi connectivity index (χ0) is 13.7. The van der Waals surface area contributed by atoms with E-state index in [0.29, 0.717) is 22.9 Å². The monoisotopic (exact) mass is 279 g/mol. The molecule has 0 bridgehead atoms. The van der Waals surface area contributed by atoms with Gasteiger partial charge < -0.3 is 10.1 Å². The molecule has 0 atom stereocenters. The molecule has 0 heterocycles. The van der Waals surface area contributed by atoms with Crippen molar-refractivity contribution in [1.29, 1.82) is 0 Å². The van der Waals surface area contributed by atoms with Crippen LogP contribution in [0.2, 0.25) is 5.02 Å². The number of allylic oxidation sites excluding steroid dienone is 1. The molecule has 102 valence electrons. The van der Waals surface area contributed by atoms with Crippen molar-refractivity contribution < 1.29 is 9.53 Å². The average molecular weight is 280 g/mol. The van der Waals surface area contributed by atoms with Crippen LogP contribution in [0.4, 0.5) is 0 Å². The van der Waals surface area contributed by atoms with Crippen molar-refractivity contribution in [2.45, 2.75) is 25.7 Å². The molecule has 0 spiro atoms. The van der Waals surface area contributed by atoms with Gasteiger partial charge in [0.2, 0.25) is 0 Å². The van der Waals surface area contributed by atoms with Crippen molar-refractivity contribution in [3.63, 3.8) is 0 Å². The molecule has 1 amide bonds. The Balaban J connectivity index is 2.03. The van der Waals surface area contributed by atoms with E-state index in [2.05, 4.69) is 11.4 Å². The number of halogens is 1. The summed E-state index contributed by atoms with van der Waals surface area (Å²) in [4.78, 5) is 12.1. The Morgan fingerprint density at radius 2 is 2.26 bits per heavy atom. The van der Waals surface area contributed by atoms with Crippen molar-refractivity contribution in [2.24, 2.45) is 0 Å². The van der Waals surface area contributed by atoms with Crippen LogP contribution in [0.25, 0.3) is 0 Å². The number of ether oxygens (including phenoxy) is 1. The highest BCUT2D eigenvalue weighted by Crippen LogP contribution is 2.23. The van der Waals surface area contributed by atoms with E-state index < -0.39 is 0 Å². The molecule has 1 aliphatic carbocycles. The molecular weight excluding hydrogens is 262 g/mol. The van der Waals surface area contributed by atoms with Crippen molar-refractivity contribution >= 4 is 17.5 Å². The Morgan fingerprint density at radius 3 is 2.95 bits per heavy atom. The molecule has 0 fully saturated rings. The molecular formula is C15H18ClNO2. The number of benzene rings is 1. The number of hydrogen-bond donors (Lipinski definition) is 1. The summed E-state index contributed by atoms with van der Waals surface area (Å²) in [5, 5.41) is 3.46. The predicted molar refractivity (Wildman–Crippen MR) is 76.9 cm³/mol. The van der Waals surface area contributed by atoms with Crippen molar-refractivity contribution in [2.75, 3.05) is 13.7 Å². The van der Waals surface area contributed by atoms with Gasteiger partial charge in [0, 0.05) is 11.6 Å². The fourth-order valence-corrected chi connectivity index (χ4v) is 2.38. The summed E-state index contributed by atoms with van der Waals surface area (Å²) in [6, 6.07) is 5.04. The fraction of sp³-hybridized carbons (Fsp3) is 0.400. The van der Waals surface area contributed by atoms with E-state index in [-0.39, 0.29) is 5.91 Å². The third-order valence-corrected chi connectivity index (χ3v) is 3.50. The lowest BCUT2D eigenvalue weighted by Crippen LogP contribution is -2.26. The van der Waals surface area contributed by atoms with Gasteiger partial charge in [-0.2, -0.15) is 0 Å². The lowest BCUT2D eigenvalue weighted by molar-refractivity contribution is 0.0953. The highest BCUT2D eigenvalue weighted by molar-refractivity contribution is 6.31. The molecule has 2 rings (SSSR count). The van der Waals surface area contributed by atoms with Crippen LogP contribution in [0.1, 0.15) is 36.0 Å². The molecule has 0 saturated carbocycles. The number of carbonyl (C=O) groups is 1. The highest BCUT2D eigenvalue weighted by Gasteiger charge is 2.13. The molecule has 0 radical (unpaired) electrons. The summed E-state index contributed by atoms with van der Waals surface area (Å²) in [5.41, 5.74) is 1.78. The zero-order valence-electron chi connectivity index (χ0n) is 11.0. The first-order valence-electron chi connectivity index (χ1n) is 6.50. The Hall–Kier alpha value is -1.48. The maximum atomic E-state index is 12.1. The van der Waals surface area contributed by atoms with Crippen molar-refractivity contribution in [3.05, 3.63) is 40.4 Å². The van der Waals surface area contributed by atoms with E-state index >= 15 is 0 Å². The topological polar surface area (TPSA) is 38.3 Å². The van der Waals surface area contributed by atoms with Gasteiger partial charge in [-0.3, -0.25) is 4.79 Å². The third-order valence-electron chi connectivity index (χ3n) is 3.27. The predicted octanol–water partition coefficient (Wildman–Crippen LogP) is 3.58. The van der Waals surface area contributed by atoms with Crippen LogP contribution in [0.15, 0.2) is 29.8 Å². The van der Waals surface area contributed by atoms with Crippen LogP contribution in [-0.4, -0.2) is 19.6 Å². The first kappa shape index (κ1) is 13.9. The Morgan fingerprint density at radius 1 is 1.42 bits per heavy atom. The number of carbonyl (C=O) groups excluding carboxylic acids is 1. The van der Waals surface area contributed by atoms with E-state index in [1.54, 1.807) is 25.3 Å². The SMILES string of the molecule is COc1ccc(Cl)cc1C(=O)NCC1=CCCCC1. The molecule has 1 aromatic rings. The van der Waals surface area contributed by atoms with Crippen LogP contribution in [0.5, 0.6) is 5.75 Å². The molecule has 4 heteroatoms. The average Bonchev–Trinajstić information content (AvgIpc) is 2.46. The second-order valence-electron chi connectivity index (χ2n) is 4.64. The van der Waals surface area contributed by atoms with Crippen LogP contribution in [0.3, 0.4) is 0 Å². The number of amides is 1. The molecule has 1 aromatic carbocycles. The van der Waals surface area contributed by atoms with Crippen LogP contribution >= 0.6 is 11.6 Å². The zero-order valence-corrected chi connectivity index (χ0v) is 11.8. The van der Waals surface area contributed by atoms with E-state index in [1.807, 2.05) is 0 Å². The maximum absolute atomic E-state index is 12.1. The minimum atomic E-state index is -0.147. The summed E-state index contributed by atoms with van der Waals surface area (Å²) in [6.07, 6.45) is 6.87. The minimum Gasteiger partial charge on any atom is -0.496 e. The van der Waals surface area contributed by atoms with Gasteiger partial charge in [-0.25, -0.2) is 0 Å². The minimum absolute atomic E-state index is 0.147. The molecule has 0 saturated heterocycles. The Bertz CT molecular complexity index is 497. The lowest BCUT2D eigenvalue weighted by atomic mass is 9.99.